The Morgan fingerprint density at radius 1 is 1.21 bits per heavy atom. The molecule has 0 bridgehead atoms. The van der Waals surface area contributed by atoms with Gasteiger partial charge in [-0.2, -0.15) is 0 Å². The molecule has 2 atom stereocenters. The van der Waals surface area contributed by atoms with Crippen molar-refractivity contribution in [2.45, 2.75) is 38.4 Å². The number of nitrogens with two attached hydrogens (primary N) is 1. The molecule has 2 amide bonds. The molecule has 3 N–H and O–H groups in total. The lowest BCUT2D eigenvalue weighted by Crippen LogP contribution is -2.39. The lowest BCUT2D eigenvalue weighted by atomic mass is 10.0. The van der Waals surface area contributed by atoms with Crippen molar-refractivity contribution >= 4 is 11.7 Å². The first-order valence-electron chi connectivity index (χ1n) is 8.21. The van der Waals surface area contributed by atoms with Gasteiger partial charge in [-0.05, 0) is 43.5 Å². The summed E-state index contributed by atoms with van der Waals surface area (Å²) in [5.74, 6) is -0.210. The fourth-order valence-electron chi connectivity index (χ4n) is 3.34. The standard InChI is InChI=1S/C19H22FN3O/c1-13-6-11-18(23(13)19(21)24)14-7-9-16(10-8-14)22-12-15-4-2-3-5-17(15)20/h2-5,7-10,13,18,22H,6,11-12H2,1H3,(H2,21,24)/t13?,18-/m1/s1. The average Bonchev–Trinajstić information content (AvgIpc) is 2.96. The summed E-state index contributed by atoms with van der Waals surface area (Å²) in [6.45, 7) is 2.45. The summed E-state index contributed by atoms with van der Waals surface area (Å²) in [4.78, 5) is 13.4. The number of benzene rings is 2. The Hall–Kier alpha value is -2.56. The molecule has 1 aliphatic heterocycles. The largest absolute Gasteiger partial charge is 0.381 e. The Balaban J connectivity index is 1.67. The number of likely N-dealkylation sites (tertiary alicyclic amines) is 1. The van der Waals surface area contributed by atoms with E-state index < -0.39 is 0 Å². The van der Waals surface area contributed by atoms with Gasteiger partial charge in [-0.1, -0.05) is 30.3 Å². The smallest absolute Gasteiger partial charge is 0.315 e. The highest BCUT2D eigenvalue weighted by atomic mass is 19.1. The number of halogens is 1. The van der Waals surface area contributed by atoms with Crippen LogP contribution in [0, 0.1) is 5.82 Å². The average molecular weight is 327 g/mol. The van der Waals surface area contributed by atoms with Crippen molar-refractivity contribution in [2.24, 2.45) is 5.73 Å². The number of primary amides is 1. The molecule has 1 heterocycles. The monoisotopic (exact) mass is 327 g/mol. The van der Waals surface area contributed by atoms with Crippen LogP contribution in [-0.4, -0.2) is 17.0 Å². The van der Waals surface area contributed by atoms with E-state index in [1.807, 2.05) is 37.3 Å². The molecule has 126 valence electrons. The van der Waals surface area contributed by atoms with Gasteiger partial charge in [0.1, 0.15) is 5.82 Å². The number of carbonyl (C=O) groups excluding carboxylic acids is 1. The number of amides is 2. The van der Waals surface area contributed by atoms with E-state index in [0.29, 0.717) is 12.1 Å². The highest BCUT2D eigenvalue weighted by Crippen LogP contribution is 2.36. The van der Waals surface area contributed by atoms with E-state index >= 15 is 0 Å². The molecule has 0 radical (unpaired) electrons. The van der Waals surface area contributed by atoms with Crippen LogP contribution in [0.5, 0.6) is 0 Å². The quantitative estimate of drug-likeness (QED) is 0.890. The molecule has 0 saturated carbocycles. The summed E-state index contributed by atoms with van der Waals surface area (Å²) < 4.78 is 13.6. The molecule has 0 aromatic heterocycles. The molecular weight excluding hydrogens is 305 g/mol. The van der Waals surface area contributed by atoms with E-state index in [2.05, 4.69) is 5.32 Å². The molecule has 1 unspecified atom stereocenters. The number of anilines is 1. The number of hydrogen-bond acceptors (Lipinski definition) is 2. The van der Waals surface area contributed by atoms with Gasteiger partial charge in [-0.15, -0.1) is 0 Å². The maximum atomic E-state index is 13.6. The second-order valence-corrected chi connectivity index (χ2v) is 6.25. The first kappa shape index (κ1) is 16.3. The van der Waals surface area contributed by atoms with Gasteiger partial charge >= 0.3 is 6.03 Å². The molecule has 0 aliphatic carbocycles. The maximum absolute atomic E-state index is 13.6. The Labute approximate surface area is 141 Å². The number of nitrogens with zero attached hydrogens (tertiary/aromatic N) is 1. The van der Waals surface area contributed by atoms with Crippen molar-refractivity contribution < 1.29 is 9.18 Å². The Kier molecular flexibility index (Phi) is 4.69. The third-order valence-electron chi connectivity index (χ3n) is 4.66. The number of urea groups is 1. The van der Waals surface area contributed by atoms with Gasteiger partial charge in [0, 0.05) is 23.8 Å². The molecule has 2 aromatic rings. The second-order valence-electron chi connectivity index (χ2n) is 6.25. The van der Waals surface area contributed by atoms with Crippen LogP contribution < -0.4 is 11.1 Å². The minimum absolute atomic E-state index is 0.0399. The van der Waals surface area contributed by atoms with Gasteiger partial charge < -0.3 is 16.0 Å². The lowest BCUT2D eigenvalue weighted by Gasteiger charge is -2.27. The Morgan fingerprint density at radius 3 is 2.58 bits per heavy atom. The minimum atomic E-state index is -0.369. The van der Waals surface area contributed by atoms with E-state index in [-0.39, 0.29) is 23.9 Å². The van der Waals surface area contributed by atoms with Crippen LogP contribution in [0.15, 0.2) is 48.5 Å². The third-order valence-corrected chi connectivity index (χ3v) is 4.66. The van der Waals surface area contributed by atoms with Crippen LogP contribution in [0.4, 0.5) is 14.9 Å². The molecule has 1 saturated heterocycles. The predicted molar refractivity (Wildman–Crippen MR) is 93.0 cm³/mol. The van der Waals surface area contributed by atoms with Crippen LogP contribution in [0.25, 0.3) is 0 Å². The summed E-state index contributed by atoms with van der Waals surface area (Å²) >= 11 is 0. The molecule has 1 fully saturated rings. The lowest BCUT2D eigenvalue weighted by molar-refractivity contribution is 0.186. The van der Waals surface area contributed by atoms with Crippen molar-refractivity contribution in [2.75, 3.05) is 5.32 Å². The first-order valence-corrected chi connectivity index (χ1v) is 8.21. The van der Waals surface area contributed by atoms with Crippen LogP contribution in [0.3, 0.4) is 0 Å². The van der Waals surface area contributed by atoms with Gasteiger partial charge in [-0.3, -0.25) is 0 Å². The van der Waals surface area contributed by atoms with Crippen LogP contribution >= 0.6 is 0 Å². The van der Waals surface area contributed by atoms with Gasteiger partial charge in [0.05, 0.1) is 6.04 Å². The van der Waals surface area contributed by atoms with Gasteiger partial charge in [0.25, 0.3) is 0 Å². The van der Waals surface area contributed by atoms with Crippen LogP contribution in [-0.2, 0) is 6.54 Å². The van der Waals surface area contributed by atoms with E-state index in [0.717, 1.165) is 24.1 Å². The molecule has 0 spiro atoms. The van der Waals surface area contributed by atoms with E-state index in [9.17, 15) is 9.18 Å². The predicted octanol–water partition coefficient (Wildman–Crippen LogP) is 4.04. The topological polar surface area (TPSA) is 58.4 Å². The molecule has 2 aromatic carbocycles. The first-order chi connectivity index (χ1) is 11.6. The third kappa shape index (κ3) is 3.35. The second kappa shape index (κ2) is 6.91. The minimum Gasteiger partial charge on any atom is -0.381 e. The fourth-order valence-corrected chi connectivity index (χ4v) is 3.34. The summed E-state index contributed by atoms with van der Waals surface area (Å²) in [6.07, 6.45) is 1.88. The number of hydrogen-bond donors (Lipinski definition) is 2. The van der Waals surface area contributed by atoms with Crippen molar-refractivity contribution in [3.63, 3.8) is 0 Å². The van der Waals surface area contributed by atoms with Gasteiger partial charge in [0.15, 0.2) is 0 Å². The van der Waals surface area contributed by atoms with Crippen molar-refractivity contribution in [3.8, 4) is 0 Å². The maximum Gasteiger partial charge on any atom is 0.315 e. The highest BCUT2D eigenvalue weighted by molar-refractivity contribution is 5.73. The molecule has 5 heteroatoms. The van der Waals surface area contributed by atoms with Crippen LogP contribution in [0.1, 0.15) is 36.9 Å². The zero-order valence-corrected chi connectivity index (χ0v) is 13.7. The molecule has 24 heavy (non-hydrogen) atoms. The molecular formula is C19H22FN3O. The summed E-state index contributed by atoms with van der Waals surface area (Å²) in [5, 5.41) is 3.22. The summed E-state index contributed by atoms with van der Waals surface area (Å²) in [6, 6.07) is 14.5. The van der Waals surface area contributed by atoms with Gasteiger partial charge in [0.2, 0.25) is 0 Å². The molecule has 4 nitrogen and oxygen atoms in total. The van der Waals surface area contributed by atoms with Crippen LogP contribution in [0.2, 0.25) is 0 Å². The number of nitrogens with one attached hydrogen (secondary N) is 1. The molecule has 3 rings (SSSR count). The van der Waals surface area contributed by atoms with E-state index in [4.69, 9.17) is 5.73 Å². The summed E-state index contributed by atoms with van der Waals surface area (Å²) in [5.41, 5.74) is 8.14. The van der Waals surface area contributed by atoms with E-state index in [1.54, 1.807) is 17.0 Å². The highest BCUT2D eigenvalue weighted by Gasteiger charge is 2.33. The zero-order valence-electron chi connectivity index (χ0n) is 13.7. The fraction of sp³-hybridized carbons (Fsp3) is 0.316. The normalized spacial score (nSPS) is 20.2. The van der Waals surface area contributed by atoms with Crippen molar-refractivity contribution in [1.29, 1.82) is 0 Å². The van der Waals surface area contributed by atoms with Crippen molar-refractivity contribution in [1.82, 2.24) is 4.90 Å². The number of rotatable bonds is 4. The zero-order chi connectivity index (χ0) is 17.1. The van der Waals surface area contributed by atoms with E-state index in [1.165, 1.54) is 6.07 Å². The number of carbonyl (C=O) groups is 1. The summed E-state index contributed by atoms with van der Waals surface area (Å²) in [7, 11) is 0. The van der Waals surface area contributed by atoms with Gasteiger partial charge in [-0.25, -0.2) is 9.18 Å². The van der Waals surface area contributed by atoms with Crippen molar-refractivity contribution in [3.05, 3.63) is 65.5 Å². The molecule has 1 aliphatic rings. The SMILES string of the molecule is CC1CC[C@H](c2ccc(NCc3ccccc3F)cc2)N1C(N)=O. The Bertz CT molecular complexity index is 717. The Morgan fingerprint density at radius 2 is 1.92 bits per heavy atom.